The molecule has 0 atom stereocenters. The second-order valence-electron chi connectivity index (χ2n) is 7.66. The van der Waals surface area contributed by atoms with Gasteiger partial charge in [-0.1, -0.05) is 11.6 Å². The molecule has 0 aromatic heterocycles. The highest BCUT2D eigenvalue weighted by Crippen LogP contribution is 2.38. The third-order valence-corrected chi connectivity index (χ3v) is 5.55. The van der Waals surface area contributed by atoms with E-state index in [2.05, 4.69) is 36.3 Å². The van der Waals surface area contributed by atoms with E-state index < -0.39 is 0 Å². The number of rotatable bonds is 6. The molecule has 2 aliphatic heterocycles. The van der Waals surface area contributed by atoms with E-state index in [9.17, 15) is 0 Å². The normalized spacial score (nSPS) is 17.8. The molecule has 0 radical (unpaired) electrons. The van der Waals surface area contributed by atoms with Crippen LogP contribution in [0.2, 0.25) is 5.02 Å². The lowest BCUT2D eigenvalue weighted by Crippen LogP contribution is -2.49. The maximum absolute atomic E-state index is 6.33. The molecule has 0 unspecified atom stereocenters. The fraction of sp³-hybridized carbons (Fsp3) is 0.667. The lowest BCUT2D eigenvalue weighted by molar-refractivity contribution is 0.167. The topological polar surface area (TPSA) is 58.1 Å². The van der Waals surface area contributed by atoms with Gasteiger partial charge in [0.15, 0.2) is 17.5 Å². The molecule has 1 aromatic rings. The van der Waals surface area contributed by atoms with Gasteiger partial charge in [-0.3, -0.25) is 4.99 Å². The first-order valence-corrected chi connectivity index (χ1v) is 10.8. The highest BCUT2D eigenvalue weighted by Gasteiger charge is 2.21. The number of nitrogens with zero attached hydrogens (tertiary/aromatic N) is 2. The number of likely N-dealkylation sites (tertiary alicyclic amines) is 1. The second kappa shape index (κ2) is 12.1. The van der Waals surface area contributed by atoms with Crippen LogP contribution in [0, 0.1) is 0 Å². The van der Waals surface area contributed by atoms with Crippen molar-refractivity contribution in [1.82, 2.24) is 15.5 Å². The van der Waals surface area contributed by atoms with Crippen molar-refractivity contribution in [3.8, 4) is 11.5 Å². The molecule has 164 valence electrons. The summed E-state index contributed by atoms with van der Waals surface area (Å²) in [6.45, 7) is 11.6. The fourth-order valence-corrected chi connectivity index (χ4v) is 3.97. The van der Waals surface area contributed by atoms with Gasteiger partial charge in [0.1, 0.15) is 13.2 Å². The van der Waals surface area contributed by atoms with Crippen LogP contribution in [0.5, 0.6) is 11.5 Å². The van der Waals surface area contributed by atoms with Gasteiger partial charge in [0.2, 0.25) is 0 Å². The number of ether oxygens (including phenoxy) is 2. The summed E-state index contributed by atoms with van der Waals surface area (Å²) in [5.74, 6) is 2.29. The Morgan fingerprint density at radius 1 is 1.24 bits per heavy atom. The van der Waals surface area contributed by atoms with Gasteiger partial charge in [-0.2, -0.15) is 0 Å². The molecule has 29 heavy (non-hydrogen) atoms. The predicted octanol–water partition coefficient (Wildman–Crippen LogP) is 3.70. The molecule has 0 amide bonds. The summed E-state index contributed by atoms with van der Waals surface area (Å²) in [7, 11) is 0. The summed E-state index contributed by atoms with van der Waals surface area (Å²) < 4.78 is 11.2. The van der Waals surface area contributed by atoms with Gasteiger partial charge in [-0.05, 0) is 57.7 Å². The molecule has 0 bridgehead atoms. The van der Waals surface area contributed by atoms with Crippen LogP contribution < -0.4 is 20.1 Å². The van der Waals surface area contributed by atoms with Gasteiger partial charge in [0.25, 0.3) is 0 Å². The zero-order valence-electron chi connectivity index (χ0n) is 17.7. The van der Waals surface area contributed by atoms with Crippen molar-refractivity contribution in [1.29, 1.82) is 0 Å². The van der Waals surface area contributed by atoms with E-state index in [1.165, 1.54) is 0 Å². The van der Waals surface area contributed by atoms with Crippen molar-refractivity contribution >= 4 is 41.5 Å². The first-order chi connectivity index (χ1) is 13.6. The number of hydrogen-bond donors (Lipinski definition) is 2. The fourth-order valence-electron chi connectivity index (χ4n) is 3.68. The number of halogens is 2. The molecule has 0 aliphatic carbocycles. The summed E-state index contributed by atoms with van der Waals surface area (Å²) in [4.78, 5) is 7.30. The van der Waals surface area contributed by atoms with Crippen LogP contribution in [0.4, 0.5) is 0 Å². The molecule has 6 nitrogen and oxygen atoms in total. The number of fused-ring (bicyclic) bond motifs is 1. The molecule has 3 rings (SSSR count). The number of nitrogens with one attached hydrogen (secondary N) is 2. The second-order valence-corrected chi connectivity index (χ2v) is 8.07. The Labute approximate surface area is 196 Å². The Balaban J connectivity index is 0.00000300. The minimum atomic E-state index is 0. The number of hydrogen-bond acceptors (Lipinski definition) is 4. The molecular formula is C21H34ClIN4O2. The average Bonchev–Trinajstić information content (AvgIpc) is 2.68. The lowest BCUT2D eigenvalue weighted by Gasteiger charge is -2.35. The van der Waals surface area contributed by atoms with E-state index in [0.717, 1.165) is 56.2 Å². The molecule has 2 aliphatic rings. The summed E-state index contributed by atoms with van der Waals surface area (Å²) in [6.07, 6.45) is 3.11. The van der Waals surface area contributed by atoms with Crippen LogP contribution in [0.15, 0.2) is 17.1 Å². The van der Waals surface area contributed by atoms with Crippen LogP contribution in [0.3, 0.4) is 0 Å². The lowest BCUT2D eigenvalue weighted by atomic mass is 10.0. The number of guanidine groups is 1. The van der Waals surface area contributed by atoms with Crippen molar-refractivity contribution in [3.05, 3.63) is 22.7 Å². The van der Waals surface area contributed by atoms with Crippen LogP contribution in [0.25, 0.3) is 0 Å². The zero-order chi connectivity index (χ0) is 19.9. The zero-order valence-corrected chi connectivity index (χ0v) is 20.8. The van der Waals surface area contributed by atoms with Gasteiger partial charge >= 0.3 is 0 Å². The summed E-state index contributed by atoms with van der Waals surface area (Å²) in [5.41, 5.74) is 1.11. The SMILES string of the molecule is CCNC(=NCCc1cc(Cl)c2c(c1)OCCO2)NC1CCN(C(C)C)CC1.I. The first kappa shape index (κ1) is 24.3. The summed E-state index contributed by atoms with van der Waals surface area (Å²) in [6, 6.07) is 5.07. The van der Waals surface area contributed by atoms with Crippen molar-refractivity contribution in [2.24, 2.45) is 4.99 Å². The Morgan fingerprint density at radius 3 is 2.66 bits per heavy atom. The number of benzene rings is 1. The van der Waals surface area contributed by atoms with Crippen LogP contribution in [0.1, 0.15) is 39.2 Å². The Hall–Kier alpha value is -0.930. The van der Waals surface area contributed by atoms with Crippen LogP contribution in [-0.4, -0.2) is 62.3 Å². The van der Waals surface area contributed by atoms with E-state index in [1.54, 1.807) is 0 Å². The van der Waals surface area contributed by atoms with Gasteiger partial charge < -0.3 is 25.0 Å². The molecule has 2 heterocycles. The minimum Gasteiger partial charge on any atom is -0.486 e. The quantitative estimate of drug-likeness (QED) is 0.330. The Bertz CT molecular complexity index is 679. The first-order valence-electron chi connectivity index (χ1n) is 10.4. The standard InChI is InChI=1S/C21H33ClN4O2.HI/c1-4-23-21(25-17-6-9-26(10-7-17)15(2)3)24-8-5-16-13-18(22)20-19(14-16)27-11-12-28-20;/h13-15,17H,4-12H2,1-3H3,(H2,23,24,25);1H. The van der Waals surface area contributed by atoms with E-state index >= 15 is 0 Å². The number of piperidine rings is 1. The largest absolute Gasteiger partial charge is 0.486 e. The van der Waals surface area contributed by atoms with E-state index in [1.807, 2.05) is 12.1 Å². The van der Waals surface area contributed by atoms with Crippen LogP contribution >= 0.6 is 35.6 Å². The van der Waals surface area contributed by atoms with E-state index in [0.29, 0.717) is 42.6 Å². The molecule has 8 heteroatoms. The monoisotopic (exact) mass is 536 g/mol. The van der Waals surface area contributed by atoms with Crippen molar-refractivity contribution in [3.63, 3.8) is 0 Å². The molecule has 1 saturated heterocycles. The third-order valence-electron chi connectivity index (χ3n) is 5.27. The Kier molecular flexibility index (Phi) is 10.1. The van der Waals surface area contributed by atoms with Crippen molar-refractivity contribution in [2.75, 3.05) is 39.4 Å². The van der Waals surface area contributed by atoms with Crippen LogP contribution in [-0.2, 0) is 6.42 Å². The highest BCUT2D eigenvalue weighted by molar-refractivity contribution is 14.0. The molecule has 1 fully saturated rings. The third kappa shape index (κ3) is 7.07. The predicted molar refractivity (Wildman–Crippen MR) is 130 cm³/mol. The summed E-state index contributed by atoms with van der Waals surface area (Å²) in [5, 5.41) is 7.58. The maximum atomic E-state index is 6.33. The van der Waals surface area contributed by atoms with Crippen molar-refractivity contribution in [2.45, 2.75) is 52.1 Å². The smallest absolute Gasteiger partial charge is 0.191 e. The minimum absolute atomic E-state index is 0. The van der Waals surface area contributed by atoms with E-state index in [-0.39, 0.29) is 24.0 Å². The van der Waals surface area contributed by atoms with Gasteiger partial charge in [0, 0.05) is 38.3 Å². The molecular weight excluding hydrogens is 503 g/mol. The molecule has 0 spiro atoms. The molecule has 1 aromatic carbocycles. The number of aliphatic imine (C=N–C) groups is 1. The average molecular weight is 537 g/mol. The van der Waals surface area contributed by atoms with Gasteiger partial charge in [0.05, 0.1) is 5.02 Å². The highest BCUT2D eigenvalue weighted by atomic mass is 127. The van der Waals surface area contributed by atoms with Gasteiger partial charge in [-0.25, -0.2) is 0 Å². The maximum Gasteiger partial charge on any atom is 0.191 e. The van der Waals surface area contributed by atoms with Crippen molar-refractivity contribution < 1.29 is 9.47 Å². The van der Waals surface area contributed by atoms with Gasteiger partial charge in [-0.15, -0.1) is 24.0 Å². The summed E-state index contributed by atoms with van der Waals surface area (Å²) >= 11 is 6.33. The Morgan fingerprint density at radius 2 is 1.97 bits per heavy atom. The molecule has 0 saturated carbocycles. The molecule has 2 N–H and O–H groups in total. The van der Waals surface area contributed by atoms with E-state index in [4.69, 9.17) is 26.1 Å².